The Hall–Kier alpha value is -3.34. The fourth-order valence-electron chi connectivity index (χ4n) is 3.25. The zero-order valence-corrected chi connectivity index (χ0v) is 15.9. The highest BCUT2D eigenvalue weighted by Gasteiger charge is 2.16. The molecule has 28 heavy (non-hydrogen) atoms. The second-order valence-electron chi connectivity index (χ2n) is 6.95. The molecule has 0 spiro atoms. The van der Waals surface area contributed by atoms with E-state index in [1.165, 1.54) is 5.56 Å². The summed E-state index contributed by atoms with van der Waals surface area (Å²) in [6, 6.07) is 19.6. The molecule has 0 saturated heterocycles. The van der Waals surface area contributed by atoms with Gasteiger partial charge in [-0.25, -0.2) is 4.98 Å². The van der Waals surface area contributed by atoms with E-state index in [4.69, 9.17) is 9.15 Å². The van der Waals surface area contributed by atoms with Crippen molar-refractivity contribution >= 4 is 27.9 Å². The predicted octanol–water partition coefficient (Wildman–Crippen LogP) is 4.74. The van der Waals surface area contributed by atoms with Crippen LogP contribution in [0.2, 0.25) is 0 Å². The molecule has 0 bridgehead atoms. The lowest BCUT2D eigenvalue weighted by atomic mass is 10.1. The minimum Gasteiger partial charge on any atom is -0.497 e. The number of methoxy groups -OCH3 is 1. The first-order valence-electron chi connectivity index (χ1n) is 9.35. The molecule has 2 aromatic heterocycles. The maximum atomic E-state index is 12.6. The number of amides is 1. The number of ether oxygens (including phenoxy) is 1. The van der Waals surface area contributed by atoms with Gasteiger partial charge in [-0.3, -0.25) is 4.79 Å². The molecule has 1 atom stereocenters. The van der Waals surface area contributed by atoms with Crippen LogP contribution in [-0.2, 0) is 6.42 Å². The van der Waals surface area contributed by atoms with Crippen molar-refractivity contribution in [3.63, 3.8) is 0 Å². The minimum atomic E-state index is -0.222. The average Bonchev–Trinajstić information content (AvgIpc) is 3.14. The molecule has 1 amide bonds. The second-order valence-corrected chi connectivity index (χ2v) is 6.95. The van der Waals surface area contributed by atoms with Gasteiger partial charge in [0.2, 0.25) is 5.71 Å². The minimum absolute atomic E-state index is 0.0391. The lowest BCUT2D eigenvalue weighted by Crippen LogP contribution is -2.32. The largest absolute Gasteiger partial charge is 0.497 e. The van der Waals surface area contributed by atoms with Crippen LogP contribution in [0, 0.1) is 0 Å². The topological polar surface area (TPSA) is 64.4 Å². The SMILES string of the molecule is COc1ccc2nc3oc(C(=O)N[C@@H](C)CCc4ccccc4)cc3cc2c1. The van der Waals surface area contributed by atoms with Crippen LogP contribution in [0.3, 0.4) is 0 Å². The van der Waals surface area contributed by atoms with E-state index < -0.39 is 0 Å². The molecule has 5 nitrogen and oxygen atoms in total. The number of rotatable bonds is 6. The number of carbonyl (C=O) groups excluding carboxylic acids is 1. The van der Waals surface area contributed by atoms with Gasteiger partial charge in [-0.1, -0.05) is 30.3 Å². The van der Waals surface area contributed by atoms with Crippen molar-refractivity contribution < 1.29 is 13.9 Å². The van der Waals surface area contributed by atoms with E-state index in [1.54, 1.807) is 13.2 Å². The zero-order valence-electron chi connectivity index (χ0n) is 15.9. The number of pyridine rings is 1. The predicted molar refractivity (Wildman–Crippen MR) is 110 cm³/mol. The van der Waals surface area contributed by atoms with E-state index in [0.29, 0.717) is 5.71 Å². The lowest BCUT2D eigenvalue weighted by molar-refractivity contribution is 0.0912. The molecule has 5 heteroatoms. The third kappa shape index (κ3) is 3.83. The van der Waals surface area contributed by atoms with Crippen molar-refractivity contribution in [1.82, 2.24) is 10.3 Å². The highest BCUT2D eigenvalue weighted by atomic mass is 16.5. The van der Waals surface area contributed by atoms with Crippen LogP contribution in [0.5, 0.6) is 5.75 Å². The standard InChI is InChI=1S/C23H22N2O3/c1-15(8-9-16-6-4-3-5-7-16)24-22(26)21-14-18-12-17-13-19(27-2)10-11-20(17)25-23(18)28-21/h3-7,10-15H,8-9H2,1-2H3,(H,24,26)/t15-/m0/s1. The fourth-order valence-corrected chi connectivity index (χ4v) is 3.25. The van der Waals surface area contributed by atoms with E-state index in [-0.39, 0.29) is 17.7 Å². The summed E-state index contributed by atoms with van der Waals surface area (Å²) in [5, 5.41) is 4.74. The molecule has 0 fully saturated rings. The van der Waals surface area contributed by atoms with E-state index in [9.17, 15) is 4.79 Å². The quantitative estimate of drug-likeness (QED) is 0.529. The van der Waals surface area contributed by atoms with Crippen molar-refractivity contribution in [2.45, 2.75) is 25.8 Å². The smallest absolute Gasteiger partial charge is 0.287 e. The Kier molecular flexibility index (Phi) is 4.98. The number of nitrogens with zero attached hydrogens (tertiary/aromatic N) is 1. The van der Waals surface area contributed by atoms with Gasteiger partial charge >= 0.3 is 0 Å². The fraction of sp³-hybridized carbons (Fsp3) is 0.217. The summed E-state index contributed by atoms with van der Waals surface area (Å²) in [6.07, 6.45) is 1.77. The van der Waals surface area contributed by atoms with Crippen LogP contribution >= 0.6 is 0 Å². The normalized spacial score (nSPS) is 12.2. The lowest BCUT2D eigenvalue weighted by Gasteiger charge is -2.12. The van der Waals surface area contributed by atoms with E-state index in [0.717, 1.165) is 34.9 Å². The average molecular weight is 374 g/mol. The summed E-state index contributed by atoms with van der Waals surface area (Å²) in [4.78, 5) is 17.1. The maximum Gasteiger partial charge on any atom is 0.287 e. The summed E-state index contributed by atoms with van der Waals surface area (Å²) in [6.45, 7) is 2.00. The zero-order chi connectivity index (χ0) is 19.5. The van der Waals surface area contributed by atoms with Crippen LogP contribution < -0.4 is 10.1 Å². The number of furan rings is 1. The molecule has 142 valence electrons. The van der Waals surface area contributed by atoms with Gasteiger partial charge in [-0.2, -0.15) is 0 Å². The second kappa shape index (κ2) is 7.72. The monoisotopic (exact) mass is 374 g/mol. The number of hydrogen-bond donors (Lipinski definition) is 1. The highest BCUT2D eigenvalue weighted by molar-refractivity contribution is 5.98. The molecule has 2 heterocycles. The van der Waals surface area contributed by atoms with Gasteiger partial charge in [0.1, 0.15) is 5.75 Å². The van der Waals surface area contributed by atoms with Crippen molar-refractivity contribution in [2.75, 3.05) is 7.11 Å². The van der Waals surface area contributed by atoms with E-state index in [1.807, 2.05) is 49.4 Å². The Balaban J connectivity index is 1.48. The number of nitrogens with one attached hydrogen (secondary N) is 1. The van der Waals surface area contributed by atoms with Crippen molar-refractivity contribution in [3.8, 4) is 5.75 Å². The molecular formula is C23H22N2O3. The van der Waals surface area contributed by atoms with Gasteiger partial charge in [0.15, 0.2) is 5.76 Å². The van der Waals surface area contributed by atoms with Crippen molar-refractivity contribution in [1.29, 1.82) is 0 Å². The van der Waals surface area contributed by atoms with Gasteiger partial charge in [0.05, 0.1) is 12.6 Å². The molecule has 0 aliphatic carbocycles. The van der Waals surface area contributed by atoms with Gasteiger partial charge < -0.3 is 14.5 Å². The van der Waals surface area contributed by atoms with Gasteiger partial charge in [-0.15, -0.1) is 0 Å². The first-order chi connectivity index (χ1) is 13.6. The van der Waals surface area contributed by atoms with E-state index in [2.05, 4.69) is 22.4 Å². The molecule has 4 aromatic rings. The van der Waals surface area contributed by atoms with Crippen LogP contribution in [0.25, 0.3) is 22.0 Å². The van der Waals surface area contributed by atoms with Crippen LogP contribution in [-0.4, -0.2) is 24.0 Å². The summed E-state index contributed by atoms with van der Waals surface area (Å²) in [7, 11) is 1.63. The third-order valence-electron chi connectivity index (χ3n) is 4.82. The maximum absolute atomic E-state index is 12.6. The summed E-state index contributed by atoms with van der Waals surface area (Å²) in [5.74, 6) is 0.818. The number of fused-ring (bicyclic) bond motifs is 2. The number of benzene rings is 2. The Morgan fingerprint density at radius 2 is 1.93 bits per heavy atom. The molecular weight excluding hydrogens is 352 g/mol. The van der Waals surface area contributed by atoms with Gasteiger partial charge in [0.25, 0.3) is 5.91 Å². The van der Waals surface area contributed by atoms with Crippen molar-refractivity contribution in [2.24, 2.45) is 0 Å². The Bertz CT molecular complexity index is 1120. The Labute approximate surface area is 163 Å². The van der Waals surface area contributed by atoms with Gasteiger partial charge in [0, 0.05) is 16.8 Å². The van der Waals surface area contributed by atoms with Crippen LogP contribution in [0.4, 0.5) is 0 Å². The number of hydrogen-bond acceptors (Lipinski definition) is 4. The molecule has 4 rings (SSSR count). The third-order valence-corrected chi connectivity index (χ3v) is 4.82. The first kappa shape index (κ1) is 18.0. The molecule has 0 aliphatic rings. The number of carbonyl (C=O) groups is 1. The van der Waals surface area contributed by atoms with Crippen LogP contribution in [0.15, 0.2) is 65.1 Å². The molecule has 0 aliphatic heterocycles. The Morgan fingerprint density at radius 3 is 2.71 bits per heavy atom. The number of aromatic nitrogens is 1. The molecule has 0 unspecified atom stereocenters. The number of aryl methyl sites for hydroxylation is 1. The molecule has 0 radical (unpaired) electrons. The molecule has 2 aromatic carbocycles. The first-order valence-corrected chi connectivity index (χ1v) is 9.35. The van der Waals surface area contributed by atoms with Crippen LogP contribution in [0.1, 0.15) is 29.5 Å². The summed E-state index contributed by atoms with van der Waals surface area (Å²) in [5.41, 5.74) is 2.52. The summed E-state index contributed by atoms with van der Waals surface area (Å²) < 4.78 is 11.0. The molecule has 1 N–H and O–H groups in total. The highest BCUT2D eigenvalue weighted by Crippen LogP contribution is 2.25. The van der Waals surface area contributed by atoms with Gasteiger partial charge in [-0.05, 0) is 55.7 Å². The summed E-state index contributed by atoms with van der Waals surface area (Å²) >= 11 is 0. The van der Waals surface area contributed by atoms with Crippen molar-refractivity contribution in [3.05, 3.63) is 72.0 Å². The Morgan fingerprint density at radius 1 is 1.11 bits per heavy atom. The molecule has 0 saturated carbocycles. The van der Waals surface area contributed by atoms with E-state index >= 15 is 0 Å².